The Hall–Kier alpha value is -0.0400. The van der Waals surface area contributed by atoms with Crippen LogP contribution in [0.15, 0.2) is 15.2 Å². The van der Waals surface area contributed by atoms with Crippen molar-refractivity contribution in [3.05, 3.63) is 16.4 Å². The second kappa shape index (κ2) is 4.65. The van der Waals surface area contributed by atoms with Gasteiger partial charge in [-0.15, -0.1) is 4.72 Å². The van der Waals surface area contributed by atoms with Gasteiger partial charge < -0.3 is 9.08 Å². The summed E-state index contributed by atoms with van der Waals surface area (Å²) in [4.78, 5) is 0. The van der Waals surface area contributed by atoms with Gasteiger partial charge in [0.05, 0.1) is 0 Å². The Morgan fingerprint density at radius 1 is 1.64 bits per heavy atom. The van der Waals surface area contributed by atoms with Gasteiger partial charge in [0, 0.05) is 17.4 Å². The highest BCUT2D eigenvalue weighted by atomic mass is 79.9. The minimum atomic E-state index is -1.08. The lowest BCUT2D eigenvalue weighted by Crippen LogP contribution is -2.38. The Labute approximate surface area is 94.9 Å². The Morgan fingerprint density at radius 3 is 2.71 bits per heavy atom. The fourth-order valence-electron chi connectivity index (χ4n) is 0.724. The number of hydrogen-bond acceptors (Lipinski definition) is 4. The second-order valence-corrected chi connectivity index (χ2v) is 6.68. The van der Waals surface area contributed by atoms with Gasteiger partial charge in [-0.05, 0) is 36.7 Å². The lowest BCUT2D eigenvalue weighted by Gasteiger charge is -2.22. The van der Waals surface area contributed by atoms with Crippen LogP contribution in [-0.4, -0.2) is 14.5 Å². The van der Waals surface area contributed by atoms with Crippen molar-refractivity contribution in [1.82, 2.24) is 9.88 Å². The highest BCUT2D eigenvalue weighted by molar-refractivity contribution is 9.10. The summed E-state index contributed by atoms with van der Waals surface area (Å²) in [6.45, 7) is 6.15. The quantitative estimate of drug-likeness (QED) is 0.861. The van der Waals surface area contributed by atoms with Crippen molar-refractivity contribution in [2.75, 3.05) is 0 Å². The largest absolute Gasteiger partial charge is 0.598 e. The molecule has 4 nitrogen and oxygen atoms in total. The minimum absolute atomic E-state index is 0.267. The van der Waals surface area contributed by atoms with Crippen LogP contribution >= 0.6 is 15.9 Å². The first-order chi connectivity index (χ1) is 6.39. The third kappa shape index (κ3) is 3.61. The van der Waals surface area contributed by atoms with Crippen LogP contribution in [0.3, 0.4) is 0 Å². The van der Waals surface area contributed by atoms with Crippen LogP contribution in [0, 0.1) is 0 Å². The van der Waals surface area contributed by atoms with E-state index in [-0.39, 0.29) is 4.75 Å². The van der Waals surface area contributed by atoms with Crippen LogP contribution in [-0.2, 0) is 17.9 Å². The molecule has 1 aromatic heterocycles. The molecule has 1 heterocycles. The van der Waals surface area contributed by atoms with Crippen LogP contribution < -0.4 is 4.72 Å². The molecule has 0 unspecified atom stereocenters. The average Bonchev–Trinajstić information content (AvgIpc) is 2.45. The number of rotatable bonds is 3. The summed E-state index contributed by atoms with van der Waals surface area (Å²) in [7, 11) is 0. The molecular weight excluding hydrogens is 268 g/mol. The van der Waals surface area contributed by atoms with Gasteiger partial charge in [0.25, 0.3) is 0 Å². The van der Waals surface area contributed by atoms with Crippen molar-refractivity contribution in [3.8, 4) is 0 Å². The average molecular weight is 281 g/mol. The van der Waals surface area contributed by atoms with E-state index in [1.54, 1.807) is 6.07 Å². The molecule has 80 valence electrons. The summed E-state index contributed by atoms with van der Waals surface area (Å²) in [5.74, 6) is 0.662. The second-order valence-electron chi connectivity index (χ2n) is 3.82. The third-order valence-electron chi connectivity index (χ3n) is 1.46. The normalized spacial score (nSPS) is 14.4. The zero-order valence-corrected chi connectivity index (χ0v) is 10.7. The Kier molecular flexibility index (Phi) is 4.00. The summed E-state index contributed by atoms with van der Waals surface area (Å²) in [6, 6.07) is 1.74. The number of nitrogens with zero attached hydrogens (tertiary/aromatic N) is 1. The molecule has 1 N–H and O–H groups in total. The molecule has 14 heavy (non-hydrogen) atoms. The van der Waals surface area contributed by atoms with E-state index in [0.717, 1.165) is 0 Å². The standard InChI is InChI=1S/C8H13BrN2O2S/c1-8(2,3)14(12)10-5-6-4-7(9)11-13-6/h4,10H,5H2,1-3H3/t14-/m1/s1. The fraction of sp³-hybridized carbons (Fsp3) is 0.625. The van der Waals surface area contributed by atoms with Crippen molar-refractivity contribution < 1.29 is 9.08 Å². The van der Waals surface area contributed by atoms with E-state index in [0.29, 0.717) is 16.9 Å². The van der Waals surface area contributed by atoms with E-state index in [1.165, 1.54) is 0 Å². The maximum atomic E-state index is 11.6. The number of hydrogen-bond donors (Lipinski definition) is 1. The summed E-state index contributed by atoms with van der Waals surface area (Å²) in [6.07, 6.45) is 0. The van der Waals surface area contributed by atoms with Gasteiger partial charge >= 0.3 is 0 Å². The highest BCUT2D eigenvalue weighted by Crippen LogP contribution is 2.15. The van der Waals surface area contributed by atoms with Gasteiger partial charge in [-0.2, -0.15) is 0 Å². The van der Waals surface area contributed by atoms with Gasteiger partial charge in [0.15, 0.2) is 5.76 Å². The number of aromatic nitrogens is 1. The molecule has 1 aromatic rings. The topological polar surface area (TPSA) is 61.1 Å². The molecule has 1 rings (SSSR count). The van der Waals surface area contributed by atoms with Gasteiger partial charge in [-0.3, -0.25) is 0 Å². The van der Waals surface area contributed by atoms with E-state index in [2.05, 4.69) is 25.8 Å². The van der Waals surface area contributed by atoms with E-state index in [9.17, 15) is 4.55 Å². The minimum Gasteiger partial charge on any atom is -0.598 e. The maximum absolute atomic E-state index is 11.6. The summed E-state index contributed by atoms with van der Waals surface area (Å²) in [5, 5.41) is 3.66. The van der Waals surface area contributed by atoms with Crippen molar-refractivity contribution in [3.63, 3.8) is 0 Å². The first kappa shape index (κ1) is 12.0. The zero-order valence-electron chi connectivity index (χ0n) is 8.33. The van der Waals surface area contributed by atoms with Crippen molar-refractivity contribution in [1.29, 1.82) is 0 Å². The Bertz CT molecular complexity index is 298. The molecule has 0 aromatic carbocycles. The van der Waals surface area contributed by atoms with Crippen LogP contribution in [0.2, 0.25) is 0 Å². The van der Waals surface area contributed by atoms with Crippen LogP contribution in [0.5, 0.6) is 0 Å². The Balaban J connectivity index is 2.41. The lowest BCUT2D eigenvalue weighted by molar-refractivity contribution is 0.376. The molecule has 0 saturated carbocycles. The molecule has 0 spiro atoms. The van der Waals surface area contributed by atoms with E-state index in [4.69, 9.17) is 4.52 Å². The van der Waals surface area contributed by atoms with Crippen LogP contribution in [0.4, 0.5) is 0 Å². The molecule has 0 saturated heterocycles. The lowest BCUT2D eigenvalue weighted by atomic mass is 10.3. The first-order valence-corrected chi connectivity index (χ1v) is 6.10. The fourth-order valence-corrected chi connectivity index (χ4v) is 1.76. The van der Waals surface area contributed by atoms with Crippen LogP contribution in [0.25, 0.3) is 0 Å². The number of halogens is 1. The summed E-state index contributed by atoms with van der Waals surface area (Å²) in [5.41, 5.74) is 0. The number of nitrogens with one attached hydrogen (secondary N) is 1. The molecular formula is C8H13BrN2O2S. The van der Waals surface area contributed by atoms with Gasteiger partial charge in [0.1, 0.15) is 15.9 Å². The van der Waals surface area contributed by atoms with Gasteiger partial charge in [-0.25, -0.2) is 0 Å². The zero-order chi connectivity index (χ0) is 10.8. The van der Waals surface area contributed by atoms with E-state index in [1.807, 2.05) is 20.8 Å². The predicted molar refractivity (Wildman–Crippen MR) is 58.9 cm³/mol. The smallest absolute Gasteiger partial charge is 0.156 e. The molecule has 0 aliphatic rings. The third-order valence-corrected chi connectivity index (χ3v) is 3.36. The molecule has 0 aliphatic carbocycles. The molecule has 1 atom stereocenters. The summed E-state index contributed by atoms with van der Waals surface area (Å²) < 4.78 is 19.8. The van der Waals surface area contributed by atoms with E-state index >= 15 is 0 Å². The monoisotopic (exact) mass is 280 g/mol. The maximum Gasteiger partial charge on any atom is 0.156 e. The van der Waals surface area contributed by atoms with Gasteiger partial charge in [0.2, 0.25) is 0 Å². The van der Waals surface area contributed by atoms with Crippen molar-refractivity contribution >= 4 is 27.3 Å². The summed E-state index contributed by atoms with van der Waals surface area (Å²) >= 11 is 2.09. The Morgan fingerprint density at radius 2 is 2.29 bits per heavy atom. The first-order valence-electron chi connectivity index (χ1n) is 4.16. The molecule has 0 fully saturated rings. The predicted octanol–water partition coefficient (Wildman–Crippen LogP) is 1.99. The molecule has 0 aliphatic heterocycles. The van der Waals surface area contributed by atoms with Crippen molar-refractivity contribution in [2.24, 2.45) is 0 Å². The SMILES string of the molecule is CC(C)(C)[S@@+]([O-])NCc1cc(Br)no1. The van der Waals surface area contributed by atoms with Crippen molar-refractivity contribution in [2.45, 2.75) is 32.1 Å². The van der Waals surface area contributed by atoms with E-state index < -0.39 is 11.4 Å². The molecule has 0 radical (unpaired) electrons. The highest BCUT2D eigenvalue weighted by Gasteiger charge is 2.26. The molecule has 0 bridgehead atoms. The molecule has 6 heteroatoms. The molecule has 0 amide bonds. The van der Waals surface area contributed by atoms with Crippen LogP contribution in [0.1, 0.15) is 26.5 Å². The van der Waals surface area contributed by atoms with Gasteiger partial charge in [-0.1, -0.05) is 5.16 Å².